The topological polar surface area (TPSA) is 225 Å². The van der Waals surface area contributed by atoms with Crippen molar-refractivity contribution in [3.05, 3.63) is 23.3 Å². The Bertz CT molecular complexity index is 1470. The fourth-order valence-corrected chi connectivity index (χ4v) is 11.8. The molecule has 8 N–H and O–H groups in total. The monoisotopic (exact) mass is 780 g/mol. The van der Waals surface area contributed by atoms with Gasteiger partial charge in [-0.2, -0.15) is 0 Å². The number of aliphatic hydroxyl groups excluding tert-OH is 8. The second-order valence-electron chi connectivity index (χ2n) is 18.5. The third-order valence-corrected chi connectivity index (χ3v) is 15.5. The van der Waals surface area contributed by atoms with E-state index in [9.17, 15) is 45.6 Å². The summed E-state index contributed by atoms with van der Waals surface area (Å²) in [6.45, 7) is 9.34. The molecule has 3 aliphatic heterocycles. The summed E-state index contributed by atoms with van der Waals surface area (Å²) < 4.78 is 30.1. The van der Waals surface area contributed by atoms with E-state index in [1.165, 1.54) is 11.1 Å². The van der Waals surface area contributed by atoms with Gasteiger partial charge in [0.05, 0.1) is 31.3 Å². The van der Waals surface area contributed by atoms with Crippen LogP contribution in [0.2, 0.25) is 0 Å². The Labute approximate surface area is 323 Å². The second-order valence-corrected chi connectivity index (χ2v) is 18.5. The highest BCUT2D eigenvalue weighted by atomic mass is 16.7. The molecular formula is C41H64O14. The minimum absolute atomic E-state index is 0.0591. The highest BCUT2D eigenvalue weighted by Crippen LogP contribution is 2.66. The van der Waals surface area contributed by atoms with E-state index in [1.54, 1.807) is 6.92 Å². The fourth-order valence-electron chi connectivity index (χ4n) is 11.8. The molecular weight excluding hydrogens is 716 g/mol. The molecule has 0 radical (unpaired) electrons. The number of hydrogen-bond acceptors (Lipinski definition) is 14. The van der Waals surface area contributed by atoms with Crippen LogP contribution in [0, 0.1) is 40.4 Å². The van der Waals surface area contributed by atoms with Gasteiger partial charge in [0.25, 0.3) is 0 Å². The van der Waals surface area contributed by atoms with Gasteiger partial charge < -0.3 is 64.5 Å². The summed E-state index contributed by atoms with van der Waals surface area (Å²) in [7, 11) is 0. The molecule has 7 aliphatic rings. The quantitative estimate of drug-likeness (QED) is 0.154. The number of allylic oxidation sites excluding steroid dienone is 4. The highest BCUT2D eigenvalue weighted by Gasteiger charge is 2.60. The van der Waals surface area contributed by atoms with Crippen LogP contribution in [0.5, 0.6) is 0 Å². The van der Waals surface area contributed by atoms with Gasteiger partial charge in [0, 0.05) is 0 Å². The maximum absolute atomic E-state index is 14.2. The van der Waals surface area contributed by atoms with Gasteiger partial charge in [0.15, 0.2) is 12.6 Å². The normalized spacial score (nSPS) is 50.7. The first kappa shape index (κ1) is 41.6. The molecule has 5 fully saturated rings. The van der Waals surface area contributed by atoms with Crippen molar-refractivity contribution in [3.8, 4) is 0 Å². The number of carbonyl (C=O) groups is 1. The van der Waals surface area contributed by atoms with E-state index >= 15 is 0 Å². The van der Waals surface area contributed by atoms with E-state index in [-0.39, 0.29) is 40.7 Å². The molecule has 3 saturated heterocycles. The Morgan fingerprint density at radius 2 is 1.44 bits per heavy atom. The van der Waals surface area contributed by atoms with Crippen LogP contribution in [0.15, 0.2) is 23.3 Å². The molecule has 19 unspecified atom stereocenters. The molecule has 312 valence electrons. The summed E-state index contributed by atoms with van der Waals surface area (Å²) in [5.74, 6) is 0.0904. The van der Waals surface area contributed by atoms with Crippen LogP contribution in [0.1, 0.15) is 92.4 Å². The molecule has 0 aromatic heterocycles. The van der Waals surface area contributed by atoms with Crippen LogP contribution in [-0.2, 0) is 28.5 Å². The van der Waals surface area contributed by atoms with Crippen LogP contribution in [0.4, 0.5) is 0 Å². The summed E-state index contributed by atoms with van der Waals surface area (Å²) in [5.41, 5.74) is 1.62. The van der Waals surface area contributed by atoms with Gasteiger partial charge in [-0.3, -0.25) is 4.79 Å². The van der Waals surface area contributed by atoms with Crippen LogP contribution >= 0.6 is 0 Å². The number of esters is 1. The molecule has 4 aliphatic carbocycles. The van der Waals surface area contributed by atoms with E-state index in [0.717, 1.165) is 44.9 Å². The molecule has 3 heterocycles. The third kappa shape index (κ3) is 6.87. The van der Waals surface area contributed by atoms with Crippen LogP contribution in [0.25, 0.3) is 0 Å². The molecule has 0 aromatic carbocycles. The number of carbonyl (C=O) groups excluding carboxylic acids is 1. The Kier molecular flexibility index (Phi) is 11.8. The average Bonchev–Trinajstić information content (AvgIpc) is 3.51. The number of ether oxygens (including phenoxy) is 5. The molecule has 19 atom stereocenters. The number of hydrogen-bond donors (Lipinski definition) is 8. The molecule has 0 aromatic rings. The lowest BCUT2D eigenvalue weighted by atomic mass is 9.51. The molecule has 14 heteroatoms. The standard InChI is InChI=1S/C41H64O14/c1-19(2)41(20(3)51-37-34(48)32(46)30(44)28(17-42)53-37)15-11-24(36(50)55-41)26-9-8-25-23-7-6-21-16-22(10-13-39(21,4)27(23)12-14-40(25,26)5)52-38-35(49)33(47)31(45)29(18-43)54-38/h7,12,19-22,24-26,28-35,37-38,42-49H,6,8-11,13-18H2,1-5H3. The van der Waals surface area contributed by atoms with Crippen molar-refractivity contribution >= 4 is 5.97 Å². The number of fused-ring (bicyclic) bond motifs is 5. The molecule has 2 saturated carbocycles. The fraction of sp³-hybridized carbons (Fsp3) is 0.878. The van der Waals surface area contributed by atoms with Gasteiger partial charge in [-0.05, 0) is 110 Å². The third-order valence-electron chi connectivity index (χ3n) is 15.5. The van der Waals surface area contributed by atoms with Crippen LogP contribution in [0.3, 0.4) is 0 Å². The van der Waals surface area contributed by atoms with E-state index in [4.69, 9.17) is 23.7 Å². The van der Waals surface area contributed by atoms with Gasteiger partial charge in [-0.1, -0.05) is 39.8 Å². The smallest absolute Gasteiger partial charge is 0.309 e. The van der Waals surface area contributed by atoms with E-state index in [2.05, 4.69) is 26.0 Å². The van der Waals surface area contributed by atoms with Gasteiger partial charge in [0.2, 0.25) is 0 Å². The van der Waals surface area contributed by atoms with Crippen molar-refractivity contribution < 1.29 is 69.3 Å². The maximum atomic E-state index is 14.2. The summed E-state index contributed by atoms with van der Waals surface area (Å²) >= 11 is 0. The van der Waals surface area contributed by atoms with Crippen LogP contribution in [-0.4, -0.2) is 139 Å². The maximum Gasteiger partial charge on any atom is 0.309 e. The van der Waals surface area contributed by atoms with Crippen molar-refractivity contribution in [3.63, 3.8) is 0 Å². The van der Waals surface area contributed by atoms with Crippen molar-refractivity contribution in [1.29, 1.82) is 0 Å². The summed E-state index contributed by atoms with van der Waals surface area (Å²) in [6, 6.07) is 0. The average molecular weight is 781 g/mol. The minimum atomic E-state index is -1.57. The van der Waals surface area contributed by atoms with Crippen molar-refractivity contribution in [2.24, 2.45) is 40.4 Å². The second kappa shape index (κ2) is 15.6. The number of rotatable bonds is 9. The Morgan fingerprint density at radius 3 is 2.05 bits per heavy atom. The molecule has 0 amide bonds. The number of cyclic esters (lactones) is 1. The van der Waals surface area contributed by atoms with Gasteiger partial charge in [0.1, 0.15) is 54.4 Å². The lowest BCUT2D eigenvalue weighted by molar-refractivity contribution is -0.326. The largest absolute Gasteiger partial charge is 0.456 e. The summed E-state index contributed by atoms with van der Waals surface area (Å²) in [5, 5.41) is 81.5. The Morgan fingerprint density at radius 1 is 0.800 bits per heavy atom. The zero-order valence-electron chi connectivity index (χ0n) is 32.8. The Balaban J connectivity index is 1.01. The van der Waals surface area contributed by atoms with Crippen molar-refractivity contribution in [1.82, 2.24) is 0 Å². The van der Waals surface area contributed by atoms with Gasteiger partial charge in [-0.25, -0.2) is 0 Å². The molecule has 7 rings (SSSR count). The molecule has 55 heavy (non-hydrogen) atoms. The first-order chi connectivity index (χ1) is 26.0. The van der Waals surface area contributed by atoms with Gasteiger partial charge in [-0.15, -0.1) is 0 Å². The van der Waals surface area contributed by atoms with Crippen molar-refractivity contribution in [2.45, 2.75) is 172 Å². The summed E-state index contributed by atoms with van der Waals surface area (Å²) in [4.78, 5) is 14.2. The predicted molar refractivity (Wildman–Crippen MR) is 195 cm³/mol. The zero-order valence-corrected chi connectivity index (χ0v) is 32.8. The first-order valence-electron chi connectivity index (χ1n) is 20.6. The highest BCUT2D eigenvalue weighted by molar-refractivity contribution is 5.74. The van der Waals surface area contributed by atoms with Gasteiger partial charge >= 0.3 is 5.97 Å². The van der Waals surface area contributed by atoms with E-state index < -0.39 is 86.3 Å². The van der Waals surface area contributed by atoms with E-state index in [0.29, 0.717) is 24.7 Å². The summed E-state index contributed by atoms with van der Waals surface area (Å²) in [6.07, 6.45) is -2.44. The first-order valence-corrected chi connectivity index (χ1v) is 20.6. The lowest BCUT2D eigenvalue weighted by Crippen LogP contribution is -2.62. The predicted octanol–water partition coefficient (Wildman–Crippen LogP) is 1.22. The molecule has 0 spiro atoms. The molecule has 14 nitrogen and oxygen atoms in total. The zero-order chi connectivity index (χ0) is 39.8. The lowest BCUT2D eigenvalue weighted by Gasteiger charge is -2.54. The minimum Gasteiger partial charge on any atom is -0.456 e. The Hall–Kier alpha value is -1.53. The van der Waals surface area contributed by atoms with Crippen molar-refractivity contribution in [2.75, 3.05) is 13.2 Å². The van der Waals surface area contributed by atoms with E-state index in [1.807, 2.05) is 13.8 Å². The van der Waals surface area contributed by atoms with Crippen LogP contribution < -0.4 is 0 Å². The number of aliphatic hydroxyl groups is 8. The SMILES string of the molecule is CC(C)C1(C(C)OC2OC(CO)C(O)C(O)C2O)CCC(C2CCC3C4=CCC5CC(OC6OC(CO)C(O)C(O)C6O)CCC5(C)C4=CCC32C)C(=O)O1. The molecule has 0 bridgehead atoms.